The van der Waals surface area contributed by atoms with E-state index in [1.165, 1.54) is 0 Å². The van der Waals surface area contributed by atoms with E-state index in [0.29, 0.717) is 28.5 Å². The largest absolute Gasteiger partial charge is 0.483 e. The number of fused-ring (bicyclic) bond motifs is 1. The number of nitrogens with one attached hydrogen (secondary N) is 1. The minimum Gasteiger partial charge on any atom is -0.483 e. The van der Waals surface area contributed by atoms with Crippen LogP contribution in [0.15, 0.2) is 40.9 Å². The Balaban J connectivity index is 1.60. The van der Waals surface area contributed by atoms with Crippen LogP contribution in [0.3, 0.4) is 0 Å². The number of aliphatic hydroxyl groups is 1. The zero-order valence-electron chi connectivity index (χ0n) is 12.0. The number of amides is 1. The van der Waals surface area contributed by atoms with Gasteiger partial charge in [0.1, 0.15) is 5.75 Å². The lowest BCUT2D eigenvalue weighted by atomic mass is 10.2. The van der Waals surface area contributed by atoms with Crippen LogP contribution in [0.1, 0.15) is 5.56 Å². The average molecular weight is 380 g/mol. The summed E-state index contributed by atoms with van der Waals surface area (Å²) in [5, 5.41) is 12.0. The Hall–Kier alpha value is -2.25. The van der Waals surface area contributed by atoms with Crippen molar-refractivity contribution in [1.29, 1.82) is 0 Å². The number of halogens is 1. The molecular weight excluding hydrogens is 366 g/mol. The quantitative estimate of drug-likeness (QED) is 0.834. The zero-order chi connectivity index (χ0) is 16.2. The molecule has 0 aromatic heterocycles. The van der Waals surface area contributed by atoms with Gasteiger partial charge in [-0.2, -0.15) is 0 Å². The van der Waals surface area contributed by atoms with Crippen molar-refractivity contribution in [2.24, 2.45) is 0 Å². The van der Waals surface area contributed by atoms with Crippen LogP contribution in [0, 0.1) is 0 Å². The number of hydrogen-bond acceptors (Lipinski definition) is 5. The van der Waals surface area contributed by atoms with Crippen molar-refractivity contribution in [3.63, 3.8) is 0 Å². The highest BCUT2D eigenvalue weighted by atomic mass is 79.9. The van der Waals surface area contributed by atoms with E-state index >= 15 is 0 Å². The predicted octanol–water partition coefficient (Wildman–Crippen LogP) is 2.69. The van der Waals surface area contributed by atoms with Gasteiger partial charge >= 0.3 is 0 Å². The van der Waals surface area contributed by atoms with E-state index in [-0.39, 0.29) is 25.9 Å². The van der Waals surface area contributed by atoms with Crippen LogP contribution >= 0.6 is 15.9 Å². The monoisotopic (exact) mass is 379 g/mol. The van der Waals surface area contributed by atoms with Gasteiger partial charge in [0, 0.05) is 21.8 Å². The fourth-order valence-corrected chi connectivity index (χ4v) is 2.54. The molecule has 1 aliphatic rings. The fraction of sp³-hybridized carbons (Fsp3) is 0.188. The Morgan fingerprint density at radius 3 is 2.87 bits per heavy atom. The second-order valence-corrected chi connectivity index (χ2v) is 5.73. The predicted molar refractivity (Wildman–Crippen MR) is 86.8 cm³/mol. The summed E-state index contributed by atoms with van der Waals surface area (Å²) in [5.74, 6) is 1.41. The molecule has 0 unspecified atom stereocenters. The third-order valence-electron chi connectivity index (χ3n) is 3.21. The molecule has 0 bridgehead atoms. The summed E-state index contributed by atoms with van der Waals surface area (Å²) in [6, 6.07) is 10.4. The SMILES string of the molecule is O=C(COc1ccc(Br)cc1CO)Nc1ccc2c(c1)OCO2. The van der Waals surface area contributed by atoms with Crippen molar-refractivity contribution in [2.45, 2.75) is 6.61 Å². The normalized spacial score (nSPS) is 12.1. The molecule has 0 saturated carbocycles. The number of carbonyl (C=O) groups excluding carboxylic acids is 1. The van der Waals surface area contributed by atoms with Crippen molar-refractivity contribution in [3.8, 4) is 17.2 Å². The Bertz CT molecular complexity index is 734. The van der Waals surface area contributed by atoms with E-state index in [2.05, 4.69) is 21.2 Å². The molecule has 0 saturated heterocycles. The Labute approximate surface area is 141 Å². The van der Waals surface area contributed by atoms with E-state index < -0.39 is 0 Å². The van der Waals surface area contributed by atoms with E-state index in [9.17, 15) is 9.90 Å². The summed E-state index contributed by atoms with van der Waals surface area (Å²) in [6.45, 7) is -0.148. The van der Waals surface area contributed by atoms with Gasteiger partial charge in [0.25, 0.3) is 5.91 Å². The second kappa shape index (κ2) is 6.89. The van der Waals surface area contributed by atoms with E-state index in [0.717, 1.165) is 4.47 Å². The van der Waals surface area contributed by atoms with Crippen LogP contribution in [0.4, 0.5) is 5.69 Å². The molecule has 23 heavy (non-hydrogen) atoms. The summed E-state index contributed by atoms with van der Waals surface area (Å²) in [4.78, 5) is 12.0. The zero-order valence-corrected chi connectivity index (χ0v) is 13.6. The molecule has 2 aromatic carbocycles. The maximum absolute atomic E-state index is 12.0. The summed E-state index contributed by atoms with van der Waals surface area (Å²) in [7, 11) is 0. The minimum absolute atomic E-state index is 0.164. The van der Waals surface area contributed by atoms with Crippen LogP contribution in [0.25, 0.3) is 0 Å². The van der Waals surface area contributed by atoms with Gasteiger partial charge < -0.3 is 24.6 Å². The maximum atomic E-state index is 12.0. The number of hydrogen-bond donors (Lipinski definition) is 2. The first kappa shape index (κ1) is 15.6. The molecule has 2 N–H and O–H groups in total. The maximum Gasteiger partial charge on any atom is 0.262 e. The van der Waals surface area contributed by atoms with Gasteiger partial charge in [-0.3, -0.25) is 4.79 Å². The first-order chi connectivity index (χ1) is 11.2. The number of benzene rings is 2. The number of rotatable bonds is 5. The van der Waals surface area contributed by atoms with Crippen molar-refractivity contribution >= 4 is 27.5 Å². The molecule has 1 heterocycles. The highest BCUT2D eigenvalue weighted by molar-refractivity contribution is 9.10. The van der Waals surface area contributed by atoms with Gasteiger partial charge in [-0.1, -0.05) is 15.9 Å². The second-order valence-electron chi connectivity index (χ2n) is 4.82. The van der Waals surface area contributed by atoms with Gasteiger partial charge in [0.2, 0.25) is 6.79 Å². The lowest BCUT2D eigenvalue weighted by Crippen LogP contribution is -2.20. The van der Waals surface area contributed by atoms with Crippen LogP contribution in [-0.4, -0.2) is 24.4 Å². The highest BCUT2D eigenvalue weighted by Crippen LogP contribution is 2.34. The van der Waals surface area contributed by atoms with Crippen molar-refractivity contribution in [3.05, 3.63) is 46.4 Å². The first-order valence-electron chi connectivity index (χ1n) is 6.87. The molecule has 3 rings (SSSR count). The lowest BCUT2D eigenvalue weighted by molar-refractivity contribution is -0.118. The summed E-state index contributed by atoms with van der Waals surface area (Å²) < 4.78 is 16.8. The lowest BCUT2D eigenvalue weighted by Gasteiger charge is -2.11. The van der Waals surface area contributed by atoms with Crippen molar-refractivity contribution < 1.29 is 24.1 Å². The molecule has 0 fully saturated rings. The van der Waals surface area contributed by atoms with Gasteiger partial charge in [-0.15, -0.1) is 0 Å². The molecule has 2 aromatic rings. The molecular formula is C16H14BrNO5. The average Bonchev–Trinajstić information content (AvgIpc) is 3.01. The molecule has 1 aliphatic heterocycles. The van der Waals surface area contributed by atoms with Crippen LogP contribution in [0.5, 0.6) is 17.2 Å². The standard InChI is InChI=1S/C16H14BrNO5/c17-11-1-3-13(10(5-11)7-19)21-8-16(20)18-12-2-4-14-15(6-12)23-9-22-14/h1-6,19H,7-9H2,(H,18,20). The van der Waals surface area contributed by atoms with E-state index in [1.54, 1.807) is 36.4 Å². The topological polar surface area (TPSA) is 77.0 Å². The smallest absolute Gasteiger partial charge is 0.262 e. The van der Waals surface area contributed by atoms with Gasteiger partial charge in [0.05, 0.1) is 6.61 Å². The third-order valence-corrected chi connectivity index (χ3v) is 3.70. The number of carbonyl (C=O) groups is 1. The van der Waals surface area contributed by atoms with Crippen molar-refractivity contribution in [2.75, 3.05) is 18.7 Å². The summed E-state index contributed by atoms with van der Waals surface area (Å²) in [6.07, 6.45) is 0. The third kappa shape index (κ3) is 3.75. The Kier molecular flexibility index (Phi) is 4.68. The molecule has 6 nitrogen and oxygen atoms in total. The fourth-order valence-electron chi connectivity index (χ4n) is 2.13. The molecule has 0 radical (unpaired) electrons. The molecule has 1 amide bonds. The molecule has 0 aliphatic carbocycles. The number of aliphatic hydroxyl groups excluding tert-OH is 1. The van der Waals surface area contributed by atoms with E-state index in [1.807, 2.05) is 0 Å². The highest BCUT2D eigenvalue weighted by Gasteiger charge is 2.14. The van der Waals surface area contributed by atoms with Gasteiger partial charge in [0.15, 0.2) is 18.1 Å². The number of anilines is 1. The molecule has 7 heteroatoms. The summed E-state index contributed by atoms with van der Waals surface area (Å²) in [5.41, 5.74) is 1.20. The van der Waals surface area contributed by atoms with Crippen molar-refractivity contribution in [1.82, 2.24) is 0 Å². The number of ether oxygens (including phenoxy) is 3. The summed E-state index contributed by atoms with van der Waals surface area (Å²) >= 11 is 3.32. The minimum atomic E-state index is -0.310. The van der Waals surface area contributed by atoms with Crippen LogP contribution < -0.4 is 19.5 Å². The molecule has 0 spiro atoms. The molecule has 0 atom stereocenters. The Morgan fingerprint density at radius 2 is 2.04 bits per heavy atom. The van der Waals surface area contributed by atoms with E-state index in [4.69, 9.17) is 14.2 Å². The first-order valence-corrected chi connectivity index (χ1v) is 7.66. The Morgan fingerprint density at radius 1 is 1.22 bits per heavy atom. The van der Waals surface area contributed by atoms with Gasteiger partial charge in [-0.25, -0.2) is 0 Å². The molecule has 120 valence electrons. The van der Waals surface area contributed by atoms with Gasteiger partial charge in [-0.05, 0) is 30.3 Å². The van der Waals surface area contributed by atoms with Crippen LogP contribution in [-0.2, 0) is 11.4 Å². The van der Waals surface area contributed by atoms with Crippen LogP contribution in [0.2, 0.25) is 0 Å².